The Balaban J connectivity index is 1.26. The van der Waals surface area contributed by atoms with E-state index in [0.29, 0.717) is 27.4 Å². The fourth-order valence-electron chi connectivity index (χ4n) is 4.64. The minimum atomic E-state index is -0.189. The molecule has 1 aromatic carbocycles. The number of carbonyl (C=O) groups excluding carboxylic acids is 1. The van der Waals surface area contributed by atoms with E-state index in [1.54, 1.807) is 6.07 Å². The zero-order chi connectivity index (χ0) is 22.1. The average molecular weight is 472 g/mol. The molecule has 5 rings (SSSR count). The summed E-state index contributed by atoms with van der Waals surface area (Å²) in [6.07, 6.45) is 5.69. The fourth-order valence-corrected chi connectivity index (χ4v) is 5.89. The second kappa shape index (κ2) is 9.29. The van der Waals surface area contributed by atoms with Crippen LogP contribution in [0.15, 0.2) is 35.1 Å². The molecule has 3 heterocycles. The Morgan fingerprint density at radius 3 is 2.59 bits per heavy atom. The summed E-state index contributed by atoms with van der Waals surface area (Å²) in [4.78, 5) is 35.0. The number of halogens is 1. The van der Waals surface area contributed by atoms with Crippen LogP contribution in [0, 0.1) is 5.92 Å². The van der Waals surface area contributed by atoms with Crippen molar-refractivity contribution < 1.29 is 4.79 Å². The quantitative estimate of drug-likeness (QED) is 0.580. The predicted octanol–water partition coefficient (Wildman–Crippen LogP) is 3.70. The molecule has 1 aliphatic heterocycles. The molecule has 32 heavy (non-hydrogen) atoms. The highest BCUT2D eigenvalue weighted by molar-refractivity contribution is 7.19. The van der Waals surface area contributed by atoms with Crippen LogP contribution in [0.1, 0.15) is 37.8 Å². The van der Waals surface area contributed by atoms with Gasteiger partial charge in [0.25, 0.3) is 5.56 Å². The molecular weight excluding hydrogens is 446 g/mol. The van der Waals surface area contributed by atoms with E-state index in [4.69, 9.17) is 11.6 Å². The van der Waals surface area contributed by atoms with E-state index in [1.165, 1.54) is 35.1 Å². The van der Waals surface area contributed by atoms with Gasteiger partial charge in [-0.25, -0.2) is 4.98 Å². The normalized spacial score (nSPS) is 18.3. The summed E-state index contributed by atoms with van der Waals surface area (Å²) in [5, 5.41) is 5.69. The molecule has 3 aromatic rings. The molecule has 0 atom stereocenters. The number of piperazine rings is 1. The lowest BCUT2D eigenvalue weighted by molar-refractivity contribution is -0.138. The van der Waals surface area contributed by atoms with Gasteiger partial charge in [-0.05, 0) is 18.9 Å². The van der Waals surface area contributed by atoms with Crippen molar-refractivity contribution in [3.05, 3.63) is 51.4 Å². The number of benzene rings is 1. The van der Waals surface area contributed by atoms with Gasteiger partial charge in [0.1, 0.15) is 5.01 Å². The predicted molar refractivity (Wildman–Crippen MR) is 126 cm³/mol. The zero-order valence-corrected chi connectivity index (χ0v) is 19.4. The molecule has 0 radical (unpaired) electrons. The van der Waals surface area contributed by atoms with E-state index in [2.05, 4.69) is 15.0 Å². The number of amides is 1. The van der Waals surface area contributed by atoms with Crippen LogP contribution in [0.2, 0.25) is 5.02 Å². The van der Waals surface area contributed by atoms with Crippen molar-refractivity contribution in [2.24, 2.45) is 5.92 Å². The van der Waals surface area contributed by atoms with Gasteiger partial charge >= 0.3 is 0 Å². The summed E-state index contributed by atoms with van der Waals surface area (Å²) in [5.74, 6) is 0.553. The van der Waals surface area contributed by atoms with E-state index in [9.17, 15) is 9.59 Å². The van der Waals surface area contributed by atoms with Gasteiger partial charge in [0.2, 0.25) is 10.9 Å². The van der Waals surface area contributed by atoms with Crippen molar-refractivity contribution in [3.8, 4) is 10.6 Å². The maximum Gasteiger partial charge on any atom is 0.275 e. The molecule has 0 bridgehead atoms. The summed E-state index contributed by atoms with van der Waals surface area (Å²) in [5.41, 5.74) is 1.34. The van der Waals surface area contributed by atoms with Crippen LogP contribution in [-0.2, 0) is 11.3 Å². The Kier molecular flexibility index (Phi) is 6.26. The van der Waals surface area contributed by atoms with Crippen LogP contribution in [0.5, 0.6) is 0 Å². The lowest BCUT2D eigenvalue weighted by atomic mass is 9.88. The van der Waals surface area contributed by atoms with E-state index in [1.807, 2.05) is 29.2 Å². The largest absolute Gasteiger partial charge is 0.340 e. The minimum Gasteiger partial charge on any atom is -0.340 e. The molecule has 0 N–H and O–H groups in total. The van der Waals surface area contributed by atoms with Crippen molar-refractivity contribution >= 4 is 33.8 Å². The van der Waals surface area contributed by atoms with Gasteiger partial charge in [0, 0.05) is 50.3 Å². The maximum absolute atomic E-state index is 12.8. The molecule has 2 aliphatic rings. The third kappa shape index (κ3) is 4.44. The van der Waals surface area contributed by atoms with Crippen molar-refractivity contribution in [2.45, 2.75) is 38.6 Å². The number of rotatable bonds is 4. The molecule has 168 valence electrons. The Labute approximate surface area is 195 Å². The Bertz CT molecular complexity index is 1180. The van der Waals surface area contributed by atoms with Gasteiger partial charge in [-0.3, -0.25) is 14.5 Å². The van der Waals surface area contributed by atoms with Gasteiger partial charge in [-0.15, -0.1) is 0 Å². The molecule has 1 aliphatic carbocycles. The van der Waals surface area contributed by atoms with Gasteiger partial charge in [-0.2, -0.15) is 9.61 Å². The first kappa shape index (κ1) is 21.6. The van der Waals surface area contributed by atoms with Gasteiger partial charge in [-0.1, -0.05) is 60.4 Å². The minimum absolute atomic E-state index is 0.189. The van der Waals surface area contributed by atoms with Gasteiger partial charge in [0.05, 0.1) is 10.7 Å². The molecule has 2 fully saturated rings. The summed E-state index contributed by atoms with van der Waals surface area (Å²) < 4.78 is 1.34. The third-order valence-electron chi connectivity index (χ3n) is 6.43. The maximum atomic E-state index is 12.8. The first-order valence-electron chi connectivity index (χ1n) is 11.2. The second-order valence-corrected chi connectivity index (χ2v) is 9.97. The summed E-state index contributed by atoms with van der Waals surface area (Å²) in [6, 6.07) is 9.02. The Hall–Kier alpha value is -2.29. The molecule has 0 unspecified atom stereocenters. The molecule has 1 saturated heterocycles. The van der Waals surface area contributed by atoms with Crippen molar-refractivity contribution in [1.82, 2.24) is 24.4 Å². The standard InChI is InChI=1S/C23H26ClN5O2S/c24-19-9-5-4-8-18(19)21-26-29-20(30)14-17(25-23(29)32-21)15-27-10-12-28(13-11-27)22(31)16-6-2-1-3-7-16/h4-5,8-9,14,16H,1-3,6-7,10-13,15H2. The van der Waals surface area contributed by atoms with Crippen LogP contribution in [-0.4, -0.2) is 56.5 Å². The average Bonchev–Trinajstić information content (AvgIpc) is 3.24. The van der Waals surface area contributed by atoms with Crippen molar-refractivity contribution in [3.63, 3.8) is 0 Å². The number of hydrogen-bond acceptors (Lipinski definition) is 6. The van der Waals surface area contributed by atoms with Crippen LogP contribution >= 0.6 is 22.9 Å². The molecule has 2 aromatic heterocycles. The van der Waals surface area contributed by atoms with Gasteiger partial charge in [0.15, 0.2) is 0 Å². The smallest absolute Gasteiger partial charge is 0.275 e. The van der Waals surface area contributed by atoms with Crippen molar-refractivity contribution in [2.75, 3.05) is 26.2 Å². The Morgan fingerprint density at radius 1 is 1.09 bits per heavy atom. The lowest BCUT2D eigenvalue weighted by Crippen LogP contribution is -2.50. The van der Waals surface area contributed by atoms with E-state index < -0.39 is 0 Å². The Morgan fingerprint density at radius 2 is 1.84 bits per heavy atom. The van der Waals surface area contributed by atoms with Crippen LogP contribution in [0.4, 0.5) is 0 Å². The third-order valence-corrected chi connectivity index (χ3v) is 7.70. The lowest BCUT2D eigenvalue weighted by Gasteiger charge is -2.37. The molecular formula is C23H26ClN5O2S. The summed E-state index contributed by atoms with van der Waals surface area (Å²) in [6.45, 7) is 3.68. The topological polar surface area (TPSA) is 70.8 Å². The molecule has 9 heteroatoms. The molecule has 7 nitrogen and oxygen atoms in total. The zero-order valence-electron chi connectivity index (χ0n) is 17.9. The number of hydrogen-bond donors (Lipinski definition) is 0. The molecule has 1 amide bonds. The SMILES string of the molecule is O=C(C1CCCCC1)N1CCN(Cc2cc(=O)n3nc(-c4ccccc4Cl)sc3n2)CC1. The molecule has 0 spiro atoms. The number of nitrogens with zero attached hydrogens (tertiary/aromatic N) is 5. The van der Waals surface area contributed by atoms with Crippen molar-refractivity contribution in [1.29, 1.82) is 0 Å². The van der Waals surface area contributed by atoms with Crippen LogP contribution < -0.4 is 5.56 Å². The summed E-state index contributed by atoms with van der Waals surface area (Å²) in [7, 11) is 0. The second-order valence-electron chi connectivity index (χ2n) is 8.60. The molecule has 1 saturated carbocycles. The monoisotopic (exact) mass is 471 g/mol. The van der Waals surface area contributed by atoms with Gasteiger partial charge < -0.3 is 4.90 Å². The number of fused-ring (bicyclic) bond motifs is 1. The van der Waals surface area contributed by atoms with E-state index in [-0.39, 0.29) is 11.5 Å². The fraction of sp³-hybridized carbons (Fsp3) is 0.478. The number of carbonyl (C=O) groups is 1. The first-order chi connectivity index (χ1) is 15.6. The first-order valence-corrected chi connectivity index (χ1v) is 12.4. The van der Waals surface area contributed by atoms with E-state index in [0.717, 1.165) is 50.3 Å². The van der Waals surface area contributed by atoms with E-state index >= 15 is 0 Å². The highest BCUT2D eigenvalue weighted by Gasteiger charge is 2.28. The highest BCUT2D eigenvalue weighted by Crippen LogP contribution is 2.30. The highest BCUT2D eigenvalue weighted by atomic mass is 35.5. The summed E-state index contributed by atoms with van der Waals surface area (Å²) >= 11 is 7.65. The van der Waals surface area contributed by atoms with Crippen LogP contribution in [0.3, 0.4) is 0 Å². The van der Waals surface area contributed by atoms with Crippen LogP contribution in [0.25, 0.3) is 15.5 Å². The number of aromatic nitrogens is 3.